The van der Waals surface area contributed by atoms with Gasteiger partial charge in [0.15, 0.2) is 5.96 Å². The van der Waals surface area contributed by atoms with E-state index in [1.54, 1.807) is 0 Å². The molecule has 2 unspecified atom stereocenters. The standard InChI is InChI=1S/C18H35N5O.HI/c1-4-17(24)23-12-10-15(14-23)21-18(19-5-2)20-13-16-9-7-8-11-22(16)6-3;/h15-16H,4-14H2,1-3H3,(H2,19,20,21);1H. The molecule has 0 aromatic carbocycles. The number of carbonyl (C=O) groups excluding carboxylic acids is 1. The van der Waals surface area contributed by atoms with E-state index in [0.717, 1.165) is 45.1 Å². The van der Waals surface area contributed by atoms with Crippen molar-refractivity contribution in [2.24, 2.45) is 4.99 Å². The van der Waals surface area contributed by atoms with E-state index in [4.69, 9.17) is 4.99 Å². The lowest BCUT2D eigenvalue weighted by Crippen LogP contribution is -2.46. The van der Waals surface area contributed by atoms with Gasteiger partial charge in [0.2, 0.25) is 5.91 Å². The van der Waals surface area contributed by atoms with E-state index in [-0.39, 0.29) is 29.9 Å². The van der Waals surface area contributed by atoms with Crippen LogP contribution in [0.15, 0.2) is 4.99 Å². The van der Waals surface area contributed by atoms with Crippen LogP contribution < -0.4 is 10.6 Å². The Balaban J connectivity index is 0.00000312. The van der Waals surface area contributed by atoms with Crippen LogP contribution in [0.2, 0.25) is 0 Å². The predicted molar refractivity (Wildman–Crippen MR) is 115 cm³/mol. The number of halogens is 1. The summed E-state index contributed by atoms with van der Waals surface area (Å²) >= 11 is 0. The molecular weight excluding hydrogens is 429 g/mol. The van der Waals surface area contributed by atoms with Gasteiger partial charge in [-0.25, -0.2) is 0 Å². The van der Waals surface area contributed by atoms with Gasteiger partial charge in [-0.1, -0.05) is 20.3 Å². The molecule has 2 fully saturated rings. The average molecular weight is 465 g/mol. The lowest BCUT2D eigenvalue weighted by Gasteiger charge is -2.34. The minimum absolute atomic E-state index is 0. The zero-order valence-electron chi connectivity index (χ0n) is 16.1. The van der Waals surface area contributed by atoms with Gasteiger partial charge in [0.1, 0.15) is 0 Å². The molecule has 0 aliphatic carbocycles. The number of piperidine rings is 1. The van der Waals surface area contributed by atoms with E-state index < -0.39 is 0 Å². The summed E-state index contributed by atoms with van der Waals surface area (Å²) in [4.78, 5) is 21.2. The lowest BCUT2D eigenvalue weighted by atomic mass is 10.0. The number of carbonyl (C=O) groups is 1. The van der Waals surface area contributed by atoms with E-state index in [2.05, 4.69) is 29.4 Å². The van der Waals surface area contributed by atoms with E-state index in [9.17, 15) is 4.79 Å². The zero-order valence-corrected chi connectivity index (χ0v) is 18.4. The third-order valence-corrected chi connectivity index (χ3v) is 5.14. The first-order valence-corrected chi connectivity index (χ1v) is 9.74. The molecule has 2 N–H and O–H groups in total. The number of rotatable bonds is 6. The van der Waals surface area contributed by atoms with Crippen LogP contribution in [0.1, 0.15) is 52.9 Å². The summed E-state index contributed by atoms with van der Waals surface area (Å²) in [7, 11) is 0. The Morgan fingerprint density at radius 1 is 1.16 bits per heavy atom. The SMILES string of the molecule is CCNC(=NCC1CCCCN1CC)NC1CCN(C(=O)CC)C1.I. The molecule has 0 aromatic heterocycles. The fourth-order valence-corrected chi connectivity index (χ4v) is 3.72. The minimum Gasteiger partial charge on any atom is -0.357 e. The Hall–Kier alpha value is -0.570. The van der Waals surface area contributed by atoms with Crippen LogP contribution in [-0.2, 0) is 4.79 Å². The number of hydrogen-bond acceptors (Lipinski definition) is 3. The van der Waals surface area contributed by atoms with Gasteiger partial charge in [0.25, 0.3) is 0 Å². The van der Waals surface area contributed by atoms with Gasteiger partial charge in [0.05, 0.1) is 6.54 Å². The van der Waals surface area contributed by atoms with Crippen molar-refractivity contribution in [3.8, 4) is 0 Å². The number of aliphatic imine (C=N–C) groups is 1. The molecule has 0 spiro atoms. The van der Waals surface area contributed by atoms with Crippen molar-refractivity contribution in [3.63, 3.8) is 0 Å². The minimum atomic E-state index is 0. The van der Waals surface area contributed by atoms with Crippen LogP contribution in [-0.4, -0.2) is 73.0 Å². The molecule has 2 rings (SSSR count). The number of nitrogens with zero attached hydrogens (tertiary/aromatic N) is 3. The number of likely N-dealkylation sites (N-methyl/N-ethyl adjacent to an activating group) is 1. The first kappa shape index (κ1) is 22.5. The quantitative estimate of drug-likeness (QED) is 0.358. The fraction of sp³-hybridized carbons (Fsp3) is 0.889. The second-order valence-electron chi connectivity index (χ2n) is 6.82. The molecule has 0 aromatic rings. The first-order chi connectivity index (χ1) is 11.7. The summed E-state index contributed by atoms with van der Waals surface area (Å²) in [6, 6.07) is 0.882. The molecule has 2 heterocycles. The van der Waals surface area contributed by atoms with Crippen molar-refractivity contribution in [2.75, 3.05) is 39.3 Å². The van der Waals surface area contributed by atoms with E-state index in [1.807, 2.05) is 11.8 Å². The highest BCUT2D eigenvalue weighted by Gasteiger charge is 2.26. The lowest BCUT2D eigenvalue weighted by molar-refractivity contribution is -0.129. The summed E-state index contributed by atoms with van der Waals surface area (Å²) in [5, 5.41) is 6.88. The van der Waals surface area contributed by atoms with Gasteiger partial charge in [0, 0.05) is 38.1 Å². The molecule has 0 saturated carbocycles. The van der Waals surface area contributed by atoms with Gasteiger partial charge >= 0.3 is 0 Å². The number of guanidine groups is 1. The van der Waals surface area contributed by atoms with Gasteiger partial charge in [-0.15, -0.1) is 24.0 Å². The Morgan fingerprint density at radius 3 is 2.64 bits per heavy atom. The Bertz CT molecular complexity index is 432. The molecule has 2 aliphatic heterocycles. The molecule has 25 heavy (non-hydrogen) atoms. The average Bonchev–Trinajstić information content (AvgIpc) is 3.08. The monoisotopic (exact) mass is 465 g/mol. The van der Waals surface area contributed by atoms with E-state index >= 15 is 0 Å². The van der Waals surface area contributed by atoms with Crippen LogP contribution in [0.4, 0.5) is 0 Å². The van der Waals surface area contributed by atoms with E-state index in [1.165, 1.54) is 25.8 Å². The zero-order chi connectivity index (χ0) is 17.4. The molecule has 2 saturated heterocycles. The maximum absolute atomic E-state index is 11.8. The highest BCUT2D eigenvalue weighted by molar-refractivity contribution is 14.0. The number of amides is 1. The van der Waals surface area contributed by atoms with Crippen LogP contribution >= 0.6 is 24.0 Å². The summed E-state index contributed by atoms with van der Waals surface area (Å²) in [5.41, 5.74) is 0. The maximum Gasteiger partial charge on any atom is 0.222 e. The normalized spacial score (nSPS) is 24.8. The fourth-order valence-electron chi connectivity index (χ4n) is 3.72. The van der Waals surface area contributed by atoms with Crippen LogP contribution in [0, 0.1) is 0 Å². The molecule has 0 bridgehead atoms. The Morgan fingerprint density at radius 2 is 1.96 bits per heavy atom. The van der Waals surface area contributed by atoms with Crippen molar-refractivity contribution in [2.45, 2.75) is 65.0 Å². The molecule has 2 atom stereocenters. The maximum atomic E-state index is 11.8. The van der Waals surface area contributed by atoms with Crippen molar-refractivity contribution in [1.82, 2.24) is 20.4 Å². The second-order valence-corrected chi connectivity index (χ2v) is 6.82. The third-order valence-electron chi connectivity index (χ3n) is 5.14. The molecular formula is C18H36IN5O. The first-order valence-electron chi connectivity index (χ1n) is 9.74. The Labute approximate surface area is 170 Å². The van der Waals surface area contributed by atoms with E-state index in [0.29, 0.717) is 18.5 Å². The van der Waals surface area contributed by atoms with Crippen LogP contribution in [0.3, 0.4) is 0 Å². The predicted octanol–water partition coefficient (Wildman–Crippen LogP) is 2.04. The van der Waals surface area contributed by atoms with Crippen molar-refractivity contribution < 1.29 is 4.79 Å². The number of hydrogen-bond donors (Lipinski definition) is 2. The molecule has 2 aliphatic rings. The summed E-state index contributed by atoms with van der Waals surface area (Å²) < 4.78 is 0. The molecule has 146 valence electrons. The highest BCUT2D eigenvalue weighted by Crippen LogP contribution is 2.16. The number of likely N-dealkylation sites (tertiary alicyclic amines) is 2. The van der Waals surface area contributed by atoms with Crippen LogP contribution in [0.5, 0.6) is 0 Å². The smallest absolute Gasteiger partial charge is 0.222 e. The van der Waals surface area contributed by atoms with Gasteiger partial charge in [-0.05, 0) is 39.3 Å². The second kappa shape index (κ2) is 11.9. The summed E-state index contributed by atoms with van der Waals surface area (Å²) in [6.45, 7) is 11.9. The third kappa shape index (κ3) is 6.92. The van der Waals surface area contributed by atoms with Gasteiger partial charge < -0.3 is 15.5 Å². The van der Waals surface area contributed by atoms with Crippen LogP contribution in [0.25, 0.3) is 0 Å². The van der Waals surface area contributed by atoms with Gasteiger partial charge in [-0.3, -0.25) is 14.7 Å². The summed E-state index contributed by atoms with van der Waals surface area (Å²) in [5.74, 6) is 1.15. The molecule has 0 radical (unpaired) electrons. The Kier molecular flexibility index (Phi) is 10.7. The van der Waals surface area contributed by atoms with Crippen molar-refractivity contribution >= 4 is 35.8 Å². The summed E-state index contributed by atoms with van der Waals surface area (Å²) in [6.07, 6.45) is 5.47. The van der Waals surface area contributed by atoms with Gasteiger partial charge in [-0.2, -0.15) is 0 Å². The largest absolute Gasteiger partial charge is 0.357 e. The van der Waals surface area contributed by atoms with Crippen molar-refractivity contribution in [3.05, 3.63) is 0 Å². The number of nitrogens with one attached hydrogen (secondary N) is 2. The molecule has 1 amide bonds. The molecule has 6 nitrogen and oxygen atoms in total. The molecule has 7 heteroatoms. The topological polar surface area (TPSA) is 60.0 Å². The highest BCUT2D eigenvalue weighted by atomic mass is 127. The van der Waals surface area contributed by atoms with Crippen molar-refractivity contribution in [1.29, 1.82) is 0 Å².